The zero-order valence-electron chi connectivity index (χ0n) is 19.7. The van der Waals surface area contributed by atoms with Gasteiger partial charge in [0.15, 0.2) is 5.65 Å². The summed E-state index contributed by atoms with van der Waals surface area (Å²) in [5, 5.41) is 9.19. The van der Waals surface area contributed by atoms with Gasteiger partial charge in [0.2, 0.25) is 5.95 Å². The third-order valence-corrected chi connectivity index (χ3v) is 6.98. The fraction of sp³-hybridized carbons (Fsp3) is 0.346. The average molecular weight is 470 g/mol. The molecule has 0 spiro atoms. The van der Waals surface area contributed by atoms with Crippen LogP contribution in [0.15, 0.2) is 48.9 Å². The molecule has 178 valence electrons. The number of nitrogens with one attached hydrogen (secondary N) is 1. The largest absolute Gasteiger partial charge is 0.451 e. The summed E-state index contributed by atoms with van der Waals surface area (Å²) in [4.78, 5) is 25.8. The number of hydrogen-bond donors (Lipinski definition) is 2. The Kier molecular flexibility index (Phi) is 5.03. The highest BCUT2D eigenvalue weighted by molar-refractivity contribution is 5.95. The number of carbonyl (C=O) groups is 1. The van der Waals surface area contributed by atoms with Gasteiger partial charge in [0.05, 0.1) is 17.0 Å². The predicted molar refractivity (Wildman–Crippen MR) is 132 cm³/mol. The molecular formula is C26H27N7O2. The highest BCUT2D eigenvalue weighted by Crippen LogP contribution is 2.38. The standard InChI is InChI=1S/C26H27N7O2/c1-26(2)21-13-17(5-8-19(21)24(34)35-26)30-25-29-14-20-22(15-9-11-28-12-10-15)32-33(23(20)31-25)18-6-3-16(27)4-7-18/h5,8-14,16,18H,3-4,6-7,27H2,1-2H3,(H,29,30,31). The molecule has 1 aromatic carbocycles. The molecule has 9 nitrogen and oxygen atoms in total. The number of carbonyl (C=O) groups excluding carboxylic acids is 1. The zero-order chi connectivity index (χ0) is 24.2. The van der Waals surface area contributed by atoms with Gasteiger partial charge in [-0.3, -0.25) is 4.98 Å². The molecule has 9 heteroatoms. The molecule has 1 aliphatic heterocycles. The molecule has 35 heavy (non-hydrogen) atoms. The van der Waals surface area contributed by atoms with Crippen molar-refractivity contribution >= 4 is 28.6 Å². The van der Waals surface area contributed by atoms with Crippen LogP contribution in [0.3, 0.4) is 0 Å². The van der Waals surface area contributed by atoms with Crippen LogP contribution in [0.5, 0.6) is 0 Å². The first-order valence-electron chi connectivity index (χ1n) is 12.0. The van der Waals surface area contributed by atoms with E-state index in [1.165, 1.54) is 0 Å². The van der Waals surface area contributed by atoms with E-state index in [4.69, 9.17) is 20.6 Å². The Morgan fingerprint density at radius 2 is 1.89 bits per heavy atom. The second-order valence-electron chi connectivity index (χ2n) is 9.81. The van der Waals surface area contributed by atoms with Crippen molar-refractivity contribution in [2.75, 3.05) is 5.32 Å². The van der Waals surface area contributed by atoms with E-state index in [1.807, 2.05) is 49.0 Å². The summed E-state index contributed by atoms with van der Waals surface area (Å²) in [6.45, 7) is 3.77. The SMILES string of the molecule is CC1(C)OC(=O)c2ccc(Nc3ncc4c(-c5ccncc5)nn(C5CCC(N)CC5)c4n3)cc21. The Morgan fingerprint density at radius 3 is 2.66 bits per heavy atom. The molecule has 0 unspecified atom stereocenters. The van der Waals surface area contributed by atoms with Crippen LogP contribution in [0.2, 0.25) is 0 Å². The van der Waals surface area contributed by atoms with Crippen LogP contribution in [0.1, 0.15) is 61.5 Å². The molecule has 0 atom stereocenters. The lowest BCUT2D eigenvalue weighted by Gasteiger charge is -2.26. The number of nitrogens with zero attached hydrogens (tertiary/aromatic N) is 5. The summed E-state index contributed by atoms with van der Waals surface area (Å²) in [5.74, 6) is 0.171. The first-order valence-corrected chi connectivity index (χ1v) is 12.0. The van der Waals surface area contributed by atoms with E-state index in [0.717, 1.165) is 59.2 Å². The van der Waals surface area contributed by atoms with Gasteiger partial charge in [0, 0.05) is 41.4 Å². The third-order valence-electron chi connectivity index (χ3n) is 6.98. The smallest absolute Gasteiger partial charge is 0.339 e. The first-order chi connectivity index (χ1) is 16.9. The van der Waals surface area contributed by atoms with Crippen molar-refractivity contribution in [3.8, 4) is 11.3 Å². The van der Waals surface area contributed by atoms with Crippen molar-refractivity contribution < 1.29 is 9.53 Å². The average Bonchev–Trinajstić information content (AvgIpc) is 3.34. The number of nitrogens with two attached hydrogens (primary N) is 1. The molecule has 4 aromatic rings. The summed E-state index contributed by atoms with van der Waals surface area (Å²) in [5.41, 5.74) is 10.3. The maximum absolute atomic E-state index is 12.1. The second-order valence-corrected chi connectivity index (χ2v) is 9.81. The fourth-order valence-corrected chi connectivity index (χ4v) is 5.08. The molecule has 1 saturated carbocycles. The van der Waals surface area contributed by atoms with Gasteiger partial charge in [0.1, 0.15) is 11.3 Å². The van der Waals surface area contributed by atoms with Crippen molar-refractivity contribution in [3.05, 3.63) is 60.0 Å². The molecule has 0 radical (unpaired) electrons. The lowest BCUT2D eigenvalue weighted by Crippen LogP contribution is -2.28. The highest BCUT2D eigenvalue weighted by Gasteiger charge is 2.37. The molecule has 0 bridgehead atoms. The number of ether oxygens (including phenoxy) is 1. The van der Waals surface area contributed by atoms with Crippen molar-refractivity contribution in [1.82, 2.24) is 24.7 Å². The van der Waals surface area contributed by atoms with Crippen molar-refractivity contribution in [3.63, 3.8) is 0 Å². The zero-order valence-corrected chi connectivity index (χ0v) is 19.7. The molecule has 0 saturated heterocycles. The lowest BCUT2D eigenvalue weighted by atomic mass is 9.92. The van der Waals surface area contributed by atoms with Gasteiger partial charge in [-0.25, -0.2) is 14.5 Å². The van der Waals surface area contributed by atoms with Crippen LogP contribution in [0, 0.1) is 0 Å². The minimum Gasteiger partial charge on any atom is -0.451 e. The quantitative estimate of drug-likeness (QED) is 0.420. The predicted octanol–water partition coefficient (Wildman–Crippen LogP) is 4.48. The molecule has 3 aromatic heterocycles. The second kappa shape index (κ2) is 8.13. The van der Waals surface area contributed by atoms with Crippen molar-refractivity contribution in [2.24, 2.45) is 5.73 Å². The Bertz CT molecular complexity index is 1420. The number of cyclic esters (lactones) is 1. The monoisotopic (exact) mass is 469 g/mol. The number of fused-ring (bicyclic) bond motifs is 2. The number of benzene rings is 1. The van der Waals surface area contributed by atoms with Crippen LogP contribution in [0.25, 0.3) is 22.3 Å². The van der Waals surface area contributed by atoms with E-state index in [0.29, 0.717) is 11.5 Å². The van der Waals surface area contributed by atoms with Gasteiger partial charge in [-0.15, -0.1) is 0 Å². The molecule has 1 fully saturated rings. The Hall–Kier alpha value is -3.85. The van der Waals surface area contributed by atoms with E-state index in [2.05, 4.69) is 15.3 Å². The summed E-state index contributed by atoms with van der Waals surface area (Å²) in [6.07, 6.45) is 9.23. The lowest BCUT2D eigenvalue weighted by molar-refractivity contribution is 0.00955. The van der Waals surface area contributed by atoms with Gasteiger partial charge in [0.25, 0.3) is 0 Å². The van der Waals surface area contributed by atoms with Crippen molar-refractivity contribution in [1.29, 1.82) is 0 Å². The molecule has 3 N–H and O–H groups in total. The van der Waals surface area contributed by atoms with Gasteiger partial charge in [-0.1, -0.05) is 0 Å². The topological polar surface area (TPSA) is 121 Å². The third kappa shape index (κ3) is 3.81. The number of pyridine rings is 1. The molecule has 2 aliphatic rings. The van der Waals surface area contributed by atoms with Crippen LogP contribution < -0.4 is 11.1 Å². The molecule has 4 heterocycles. The minimum atomic E-state index is -0.672. The number of rotatable bonds is 4. The fourth-order valence-electron chi connectivity index (χ4n) is 5.08. The first kappa shape index (κ1) is 21.7. The maximum atomic E-state index is 12.1. The highest BCUT2D eigenvalue weighted by atomic mass is 16.6. The maximum Gasteiger partial charge on any atom is 0.339 e. The molecular weight excluding hydrogens is 442 g/mol. The normalized spacial score (nSPS) is 21.1. The van der Waals surface area contributed by atoms with E-state index in [1.54, 1.807) is 18.5 Å². The summed E-state index contributed by atoms with van der Waals surface area (Å²) in [7, 11) is 0. The Balaban J connectivity index is 1.40. The van der Waals surface area contributed by atoms with Crippen LogP contribution in [-0.4, -0.2) is 36.7 Å². The van der Waals surface area contributed by atoms with Gasteiger partial charge in [-0.05, 0) is 69.9 Å². The van der Waals surface area contributed by atoms with E-state index >= 15 is 0 Å². The van der Waals surface area contributed by atoms with E-state index in [-0.39, 0.29) is 18.1 Å². The summed E-state index contributed by atoms with van der Waals surface area (Å²) in [6, 6.07) is 9.94. The summed E-state index contributed by atoms with van der Waals surface area (Å²) >= 11 is 0. The van der Waals surface area contributed by atoms with Gasteiger partial charge >= 0.3 is 5.97 Å². The van der Waals surface area contributed by atoms with E-state index < -0.39 is 5.60 Å². The van der Waals surface area contributed by atoms with Gasteiger partial charge < -0.3 is 15.8 Å². The molecule has 1 aliphatic carbocycles. The minimum absolute atomic E-state index is 0.236. The van der Waals surface area contributed by atoms with Gasteiger partial charge in [-0.2, -0.15) is 10.1 Å². The molecule has 0 amide bonds. The van der Waals surface area contributed by atoms with E-state index in [9.17, 15) is 4.79 Å². The number of anilines is 2. The number of esters is 1. The van der Waals surface area contributed by atoms with Crippen molar-refractivity contribution in [2.45, 2.75) is 57.2 Å². The summed E-state index contributed by atoms with van der Waals surface area (Å²) < 4.78 is 7.54. The number of aromatic nitrogens is 5. The van der Waals surface area contributed by atoms with Crippen LogP contribution in [-0.2, 0) is 10.3 Å². The van der Waals surface area contributed by atoms with Crippen LogP contribution in [0.4, 0.5) is 11.6 Å². The van der Waals surface area contributed by atoms with Crippen LogP contribution >= 0.6 is 0 Å². The number of hydrogen-bond acceptors (Lipinski definition) is 8. The Morgan fingerprint density at radius 1 is 1.11 bits per heavy atom. The molecule has 6 rings (SSSR count). The Labute approximate surface area is 202 Å².